The normalized spacial score (nSPS) is 16.0. The Balaban J connectivity index is 1.41. The molecule has 1 fully saturated rings. The molecular formula is C29H33N5O4. The number of ether oxygens (including phenoxy) is 1. The Labute approximate surface area is 222 Å². The number of methoxy groups -OCH3 is 1. The zero-order valence-corrected chi connectivity index (χ0v) is 22.1. The second-order valence-corrected chi connectivity index (χ2v) is 10.6. The summed E-state index contributed by atoms with van der Waals surface area (Å²) in [7, 11) is 1.60. The SMILES string of the molecule is COc1ccc(-n2nc(CN=O)c3c2C(=O)N(c2ccc(C(C)(C)CN4CCCCC4=O)cc2)CC3)cc1. The molecule has 0 radical (unpaired) electrons. The molecular weight excluding hydrogens is 482 g/mol. The first-order valence-corrected chi connectivity index (χ1v) is 13.1. The van der Waals surface area contributed by atoms with Crippen LogP contribution in [-0.2, 0) is 23.2 Å². The lowest BCUT2D eigenvalue weighted by Gasteiger charge is -2.35. The van der Waals surface area contributed by atoms with E-state index in [2.05, 4.69) is 36.3 Å². The number of anilines is 1. The van der Waals surface area contributed by atoms with Crippen molar-refractivity contribution in [3.05, 3.63) is 76.0 Å². The van der Waals surface area contributed by atoms with Crippen molar-refractivity contribution in [2.24, 2.45) is 5.18 Å². The van der Waals surface area contributed by atoms with Crippen LogP contribution in [0, 0.1) is 4.91 Å². The fourth-order valence-electron chi connectivity index (χ4n) is 5.47. The van der Waals surface area contributed by atoms with E-state index in [4.69, 9.17) is 4.74 Å². The number of aromatic nitrogens is 2. The molecule has 2 aliphatic rings. The van der Waals surface area contributed by atoms with Crippen molar-refractivity contribution in [1.29, 1.82) is 0 Å². The van der Waals surface area contributed by atoms with Crippen molar-refractivity contribution in [3.8, 4) is 11.4 Å². The van der Waals surface area contributed by atoms with Gasteiger partial charge in [0.05, 0.1) is 18.5 Å². The quantitative estimate of drug-likeness (QED) is 0.407. The minimum Gasteiger partial charge on any atom is -0.497 e. The highest BCUT2D eigenvalue weighted by molar-refractivity contribution is 6.07. The Morgan fingerprint density at radius 3 is 2.32 bits per heavy atom. The maximum atomic E-state index is 13.8. The third kappa shape index (κ3) is 4.80. The first kappa shape index (κ1) is 25.6. The van der Waals surface area contributed by atoms with Crippen molar-refractivity contribution >= 4 is 17.5 Å². The summed E-state index contributed by atoms with van der Waals surface area (Å²) in [5.74, 6) is 0.760. The standard InChI is InChI=1S/C29H33N5O4/c1-29(2,19-32-16-5-4-6-26(32)35)20-7-9-21(10-8-20)33-17-15-24-25(18-30-37)31-34(27(24)28(33)36)22-11-13-23(38-3)14-12-22/h7-14H,4-6,15-19H2,1-3H3. The number of piperidine rings is 1. The number of carbonyl (C=O) groups excluding carboxylic acids is 2. The summed E-state index contributed by atoms with van der Waals surface area (Å²) in [5, 5.41) is 7.63. The number of nitroso groups, excluding NO2 is 1. The van der Waals surface area contributed by atoms with Crippen LogP contribution in [0.15, 0.2) is 53.7 Å². The maximum Gasteiger partial charge on any atom is 0.277 e. The van der Waals surface area contributed by atoms with Crippen molar-refractivity contribution in [2.75, 3.05) is 31.6 Å². The lowest BCUT2D eigenvalue weighted by molar-refractivity contribution is -0.134. The minimum atomic E-state index is -0.214. The van der Waals surface area contributed by atoms with Crippen LogP contribution >= 0.6 is 0 Å². The number of carbonyl (C=O) groups is 2. The molecule has 0 spiro atoms. The van der Waals surface area contributed by atoms with Gasteiger partial charge in [0.25, 0.3) is 5.91 Å². The number of nitrogens with zero attached hydrogens (tertiary/aromatic N) is 5. The van der Waals surface area contributed by atoms with Gasteiger partial charge in [0.15, 0.2) is 0 Å². The van der Waals surface area contributed by atoms with Crippen molar-refractivity contribution in [3.63, 3.8) is 0 Å². The summed E-state index contributed by atoms with van der Waals surface area (Å²) in [6.45, 7) is 6.19. The Kier molecular flexibility index (Phi) is 7.01. The van der Waals surface area contributed by atoms with E-state index in [1.165, 1.54) is 0 Å². The molecule has 2 aromatic carbocycles. The summed E-state index contributed by atoms with van der Waals surface area (Å²) in [4.78, 5) is 41.0. The van der Waals surface area contributed by atoms with Gasteiger partial charge in [-0.2, -0.15) is 10.0 Å². The minimum absolute atomic E-state index is 0.0813. The molecule has 5 rings (SSSR count). The fraction of sp³-hybridized carbons (Fsp3) is 0.414. The van der Waals surface area contributed by atoms with Gasteiger partial charge in [-0.1, -0.05) is 31.2 Å². The number of likely N-dealkylation sites (tertiary alicyclic amines) is 1. The van der Waals surface area contributed by atoms with E-state index in [1.54, 1.807) is 16.7 Å². The number of amides is 2. The molecule has 0 N–H and O–H groups in total. The molecule has 1 aromatic heterocycles. The number of benzene rings is 2. The number of rotatable bonds is 8. The highest BCUT2D eigenvalue weighted by Gasteiger charge is 2.34. The molecule has 2 aliphatic heterocycles. The average molecular weight is 516 g/mol. The van der Waals surface area contributed by atoms with Gasteiger partial charge in [-0.25, -0.2) is 4.68 Å². The average Bonchev–Trinajstić information content (AvgIpc) is 3.30. The second-order valence-electron chi connectivity index (χ2n) is 10.6. The fourth-order valence-corrected chi connectivity index (χ4v) is 5.47. The van der Waals surface area contributed by atoms with Crippen molar-refractivity contribution in [1.82, 2.24) is 14.7 Å². The van der Waals surface area contributed by atoms with Crippen LogP contribution in [0.25, 0.3) is 5.69 Å². The summed E-state index contributed by atoms with van der Waals surface area (Å²) in [5.41, 5.74) is 4.16. The van der Waals surface area contributed by atoms with Crippen LogP contribution < -0.4 is 9.64 Å². The van der Waals surface area contributed by atoms with E-state index in [0.717, 1.165) is 36.2 Å². The Bertz CT molecular complexity index is 1340. The van der Waals surface area contributed by atoms with Gasteiger partial charge in [-0.3, -0.25) is 9.59 Å². The predicted octanol–water partition coefficient (Wildman–Crippen LogP) is 4.64. The molecule has 0 unspecified atom stereocenters. The molecule has 3 heterocycles. The predicted molar refractivity (Wildman–Crippen MR) is 145 cm³/mol. The smallest absolute Gasteiger partial charge is 0.277 e. The Hall–Kier alpha value is -4.01. The van der Waals surface area contributed by atoms with Gasteiger partial charge in [-0.15, -0.1) is 0 Å². The zero-order valence-electron chi connectivity index (χ0n) is 22.1. The number of hydrogen-bond acceptors (Lipinski definition) is 6. The van der Waals surface area contributed by atoms with E-state index < -0.39 is 0 Å². The molecule has 38 heavy (non-hydrogen) atoms. The summed E-state index contributed by atoms with van der Waals surface area (Å²) in [6, 6.07) is 15.3. The van der Waals surface area contributed by atoms with Crippen LogP contribution in [0.4, 0.5) is 5.69 Å². The zero-order chi connectivity index (χ0) is 26.9. The summed E-state index contributed by atoms with van der Waals surface area (Å²) >= 11 is 0. The molecule has 1 saturated heterocycles. The van der Waals surface area contributed by atoms with Crippen molar-refractivity contribution in [2.45, 2.75) is 51.5 Å². The summed E-state index contributed by atoms with van der Waals surface area (Å²) < 4.78 is 6.87. The third-order valence-electron chi connectivity index (χ3n) is 7.60. The first-order chi connectivity index (χ1) is 18.3. The molecule has 0 bridgehead atoms. The molecule has 0 atom stereocenters. The van der Waals surface area contributed by atoms with Crippen LogP contribution in [0.5, 0.6) is 5.75 Å². The Morgan fingerprint density at radius 2 is 1.66 bits per heavy atom. The maximum absolute atomic E-state index is 13.8. The van der Waals surface area contributed by atoms with Crippen molar-refractivity contribution < 1.29 is 14.3 Å². The lowest BCUT2D eigenvalue weighted by Crippen LogP contribution is -2.43. The summed E-state index contributed by atoms with van der Waals surface area (Å²) in [6.07, 6.45) is 3.23. The highest BCUT2D eigenvalue weighted by atomic mass is 16.5. The third-order valence-corrected chi connectivity index (χ3v) is 7.60. The van der Waals surface area contributed by atoms with Crippen LogP contribution in [0.1, 0.15) is 60.4 Å². The monoisotopic (exact) mass is 515 g/mol. The van der Waals surface area contributed by atoms with Crippen LogP contribution in [-0.4, -0.2) is 53.2 Å². The highest BCUT2D eigenvalue weighted by Crippen LogP contribution is 2.32. The molecule has 0 aliphatic carbocycles. The molecule has 198 valence electrons. The lowest BCUT2D eigenvalue weighted by atomic mass is 9.83. The van der Waals surface area contributed by atoms with E-state index in [1.807, 2.05) is 41.3 Å². The largest absolute Gasteiger partial charge is 0.497 e. The van der Waals surface area contributed by atoms with E-state index >= 15 is 0 Å². The van der Waals surface area contributed by atoms with E-state index in [0.29, 0.717) is 48.8 Å². The van der Waals surface area contributed by atoms with Gasteiger partial charge >= 0.3 is 0 Å². The first-order valence-electron chi connectivity index (χ1n) is 13.1. The topological polar surface area (TPSA) is 97.1 Å². The van der Waals surface area contributed by atoms with Gasteiger partial charge < -0.3 is 14.5 Å². The van der Waals surface area contributed by atoms with Gasteiger partial charge in [0, 0.05) is 42.7 Å². The van der Waals surface area contributed by atoms with E-state index in [-0.39, 0.29) is 23.8 Å². The second kappa shape index (κ2) is 10.4. The molecule has 9 nitrogen and oxygen atoms in total. The van der Waals surface area contributed by atoms with Crippen LogP contribution in [0.3, 0.4) is 0 Å². The van der Waals surface area contributed by atoms with Gasteiger partial charge in [0.2, 0.25) is 5.91 Å². The van der Waals surface area contributed by atoms with Crippen LogP contribution in [0.2, 0.25) is 0 Å². The Morgan fingerprint density at radius 1 is 0.947 bits per heavy atom. The van der Waals surface area contributed by atoms with Gasteiger partial charge in [-0.05, 0) is 61.2 Å². The number of hydrogen-bond donors (Lipinski definition) is 0. The molecule has 2 amide bonds. The number of fused-ring (bicyclic) bond motifs is 1. The van der Waals surface area contributed by atoms with E-state index in [9.17, 15) is 14.5 Å². The van der Waals surface area contributed by atoms with Gasteiger partial charge in [0.1, 0.15) is 18.0 Å². The molecule has 0 saturated carbocycles. The molecule has 3 aromatic rings. The molecule has 9 heteroatoms.